The van der Waals surface area contributed by atoms with E-state index in [0.29, 0.717) is 5.92 Å². The summed E-state index contributed by atoms with van der Waals surface area (Å²) in [7, 11) is -7.08. The molecule has 3 aromatic rings. The molecule has 1 aliphatic rings. The lowest BCUT2D eigenvalue weighted by Gasteiger charge is -2.42. The number of rotatable bonds is 7. The van der Waals surface area contributed by atoms with Crippen LogP contribution in [-0.2, 0) is 0 Å². The van der Waals surface area contributed by atoms with E-state index in [-0.39, 0.29) is 0 Å². The van der Waals surface area contributed by atoms with E-state index in [1.807, 2.05) is 0 Å². The Morgan fingerprint density at radius 2 is 0.744 bits per heavy atom. The smallest absolute Gasteiger partial charge is 0.0656 e. The average molecular weight is 639 g/mol. The summed E-state index contributed by atoms with van der Waals surface area (Å²) >= 11 is 0. The molecule has 4 rings (SSSR count). The lowest BCUT2D eigenvalue weighted by molar-refractivity contribution is 0.851. The fourth-order valence-corrected chi connectivity index (χ4v) is 17.5. The van der Waals surface area contributed by atoms with E-state index in [1.165, 1.54) is 27.8 Å². The summed E-state index contributed by atoms with van der Waals surface area (Å²) in [5.41, 5.74) is 9.01. The van der Waals surface area contributed by atoms with E-state index >= 15 is 0 Å². The molecule has 3 aromatic carbocycles. The molecule has 1 unspecified atom stereocenters. The van der Waals surface area contributed by atoms with Crippen molar-refractivity contribution in [1.29, 1.82) is 0 Å². The SMILES string of the molecule is CC1=C(C)C(C)C([Si](c2ccc([Si](C)(C)C)cc2C)(c2ccc([Si](C)(C)C)cc2C)c2ccc([Si](C)(C)C)cc2C)=C1C. The van der Waals surface area contributed by atoms with Crippen LogP contribution in [0.3, 0.4) is 0 Å². The fourth-order valence-electron chi connectivity index (χ4n) is 7.49. The van der Waals surface area contributed by atoms with Gasteiger partial charge in [-0.05, 0) is 68.6 Å². The number of allylic oxidation sites excluding steroid dienone is 4. The molecule has 0 aromatic heterocycles. The maximum Gasteiger partial charge on any atom is 0.177 e. The molecule has 230 valence electrons. The first-order valence-corrected chi connectivity index (χ1v) is 28.9. The number of hydrogen-bond donors (Lipinski definition) is 0. The highest BCUT2D eigenvalue weighted by Gasteiger charge is 2.50. The van der Waals surface area contributed by atoms with Crippen LogP contribution in [0.2, 0.25) is 58.9 Å². The van der Waals surface area contributed by atoms with Gasteiger partial charge in [0.1, 0.15) is 0 Å². The Hall–Kier alpha value is -1.99. The summed E-state index contributed by atoms with van der Waals surface area (Å²) in [4.78, 5) is 0. The molecule has 0 saturated heterocycles. The molecular weight excluding hydrogens is 581 g/mol. The number of hydrogen-bond acceptors (Lipinski definition) is 0. The van der Waals surface area contributed by atoms with Gasteiger partial charge in [0.25, 0.3) is 0 Å². The molecule has 0 bridgehead atoms. The van der Waals surface area contributed by atoms with E-state index in [1.54, 1.807) is 41.9 Å². The minimum Gasteiger partial charge on any atom is -0.0656 e. The second-order valence-corrected chi connectivity index (χ2v) is 35.5. The topological polar surface area (TPSA) is 0 Å². The Bertz CT molecular complexity index is 1480. The highest BCUT2D eigenvalue weighted by molar-refractivity contribution is 7.17. The predicted molar refractivity (Wildman–Crippen MR) is 207 cm³/mol. The van der Waals surface area contributed by atoms with Gasteiger partial charge in [-0.1, -0.05) is 169 Å². The summed E-state index contributed by atoms with van der Waals surface area (Å²) in [6.07, 6.45) is 0. The lowest BCUT2D eigenvalue weighted by Crippen LogP contribution is -2.72. The van der Waals surface area contributed by atoms with Gasteiger partial charge in [-0.25, -0.2) is 0 Å². The van der Waals surface area contributed by atoms with Crippen LogP contribution in [0.1, 0.15) is 44.4 Å². The van der Waals surface area contributed by atoms with Crippen molar-refractivity contribution < 1.29 is 0 Å². The van der Waals surface area contributed by atoms with Crippen LogP contribution in [0, 0.1) is 26.7 Å². The third kappa shape index (κ3) is 5.90. The summed E-state index contributed by atoms with van der Waals surface area (Å²) in [6.45, 7) is 39.3. The summed E-state index contributed by atoms with van der Waals surface area (Å²) in [5, 5.41) is 11.2. The maximum absolute atomic E-state index is 2.70. The van der Waals surface area contributed by atoms with Crippen molar-refractivity contribution in [3.8, 4) is 0 Å². The fraction of sp³-hybridized carbons (Fsp3) is 0.436. The Morgan fingerprint density at radius 3 is 0.953 bits per heavy atom. The lowest BCUT2D eigenvalue weighted by atomic mass is 10.1. The highest BCUT2D eigenvalue weighted by Crippen LogP contribution is 2.42. The summed E-state index contributed by atoms with van der Waals surface area (Å²) in [6, 6.07) is 23.0. The standard InChI is InChI=1S/C39H58Si4/c1-26-23-33(40(8,9)10)17-20-36(26)43(39-31(6)29(4)30(5)32(39)7,37-21-18-34(24-27(37)2)41(11,12)13)38-22-19-35(25-28(38)3)42(14,15)16/h17-25,31H,1-16H3. The number of benzene rings is 3. The third-order valence-electron chi connectivity index (χ3n) is 10.5. The van der Waals surface area contributed by atoms with Gasteiger partial charge in [-0.2, -0.15) is 0 Å². The molecule has 0 aliphatic heterocycles. The van der Waals surface area contributed by atoms with Crippen molar-refractivity contribution in [2.75, 3.05) is 0 Å². The van der Waals surface area contributed by atoms with Gasteiger partial charge in [-0.3, -0.25) is 0 Å². The molecule has 0 radical (unpaired) electrons. The molecule has 0 saturated carbocycles. The molecule has 0 nitrogen and oxygen atoms in total. The Labute approximate surface area is 268 Å². The molecule has 0 N–H and O–H groups in total. The van der Waals surface area contributed by atoms with E-state index in [2.05, 4.69) is 162 Å². The van der Waals surface area contributed by atoms with Gasteiger partial charge in [0.15, 0.2) is 8.07 Å². The maximum atomic E-state index is 2.59. The second kappa shape index (κ2) is 11.4. The molecular formula is C39H58Si4. The molecule has 0 heterocycles. The molecule has 4 heteroatoms. The average Bonchev–Trinajstić information content (AvgIpc) is 3.07. The summed E-state index contributed by atoms with van der Waals surface area (Å²) in [5.74, 6) is 0.426. The van der Waals surface area contributed by atoms with E-state index in [0.717, 1.165) is 0 Å². The Kier molecular flexibility index (Phi) is 9.00. The molecule has 0 amide bonds. The zero-order valence-corrected chi connectivity index (χ0v) is 34.3. The first-order chi connectivity index (χ1) is 19.6. The van der Waals surface area contributed by atoms with Crippen LogP contribution >= 0.6 is 0 Å². The molecule has 1 atom stereocenters. The monoisotopic (exact) mass is 638 g/mol. The van der Waals surface area contributed by atoms with Crippen LogP contribution in [0.15, 0.2) is 76.5 Å². The van der Waals surface area contributed by atoms with Crippen molar-refractivity contribution in [2.45, 2.75) is 107 Å². The minimum absolute atomic E-state index is 0.426. The van der Waals surface area contributed by atoms with Crippen LogP contribution in [0.4, 0.5) is 0 Å². The molecule has 1 aliphatic carbocycles. The first-order valence-electron chi connectivity index (χ1n) is 16.4. The highest BCUT2D eigenvalue weighted by atomic mass is 28.3. The van der Waals surface area contributed by atoms with E-state index < -0.39 is 32.3 Å². The van der Waals surface area contributed by atoms with Gasteiger partial charge in [0.2, 0.25) is 0 Å². The normalized spacial score (nSPS) is 16.9. The molecule has 43 heavy (non-hydrogen) atoms. The van der Waals surface area contributed by atoms with Gasteiger partial charge < -0.3 is 0 Å². The molecule has 0 spiro atoms. The molecule has 0 fully saturated rings. The van der Waals surface area contributed by atoms with Crippen LogP contribution in [0.5, 0.6) is 0 Å². The second-order valence-electron chi connectivity index (χ2n) is 16.7. The van der Waals surface area contributed by atoms with Gasteiger partial charge in [0, 0.05) is 0 Å². The van der Waals surface area contributed by atoms with E-state index in [4.69, 9.17) is 0 Å². The van der Waals surface area contributed by atoms with E-state index in [9.17, 15) is 0 Å². The van der Waals surface area contributed by atoms with Crippen LogP contribution < -0.4 is 31.1 Å². The zero-order valence-electron chi connectivity index (χ0n) is 30.3. The van der Waals surface area contributed by atoms with Gasteiger partial charge >= 0.3 is 0 Å². The van der Waals surface area contributed by atoms with Gasteiger partial charge in [-0.15, -0.1) is 0 Å². The van der Waals surface area contributed by atoms with Gasteiger partial charge in [0.05, 0.1) is 24.2 Å². The first kappa shape index (κ1) is 33.9. The Morgan fingerprint density at radius 1 is 0.442 bits per heavy atom. The van der Waals surface area contributed by atoms with Crippen LogP contribution in [-0.4, -0.2) is 32.3 Å². The Balaban J connectivity index is 2.27. The quantitative estimate of drug-likeness (QED) is 0.185. The zero-order chi connectivity index (χ0) is 32.4. The van der Waals surface area contributed by atoms with Crippen molar-refractivity contribution in [3.05, 3.63) is 93.2 Å². The third-order valence-corrected chi connectivity index (χ3v) is 22.4. The van der Waals surface area contributed by atoms with Crippen LogP contribution in [0.25, 0.3) is 0 Å². The van der Waals surface area contributed by atoms with Crippen molar-refractivity contribution in [1.82, 2.24) is 0 Å². The van der Waals surface area contributed by atoms with Crippen molar-refractivity contribution in [3.63, 3.8) is 0 Å². The van der Waals surface area contributed by atoms with Crippen molar-refractivity contribution >= 4 is 63.4 Å². The number of aryl methyl sites for hydroxylation is 3. The largest absolute Gasteiger partial charge is 0.177 e. The summed E-state index contributed by atoms with van der Waals surface area (Å²) < 4.78 is 0. The van der Waals surface area contributed by atoms with Crippen molar-refractivity contribution in [2.24, 2.45) is 5.92 Å². The predicted octanol–water partition coefficient (Wildman–Crippen LogP) is 7.56. The minimum atomic E-state index is -2.70.